The minimum Gasteiger partial charge on any atom is -0.490 e. The number of rotatable bonds is 5. The molecule has 0 saturated carbocycles. The number of pyridine rings is 1. The summed E-state index contributed by atoms with van der Waals surface area (Å²) in [5, 5.41) is 4.63. The van der Waals surface area contributed by atoms with E-state index in [0.29, 0.717) is 24.7 Å². The molecule has 0 aliphatic carbocycles. The van der Waals surface area contributed by atoms with Gasteiger partial charge < -0.3 is 10.1 Å². The van der Waals surface area contributed by atoms with Crippen LogP contribution in [0.1, 0.15) is 0 Å². The summed E-state index contributed by atoms with van der Waals surface area (Å²) in [7, 11) is 0. The summed E-state index contributed by atoms with van der Waals surface area (Å²) in [6.45, 7) is 1.78. The second kappa shape index (κ2) is 6.25. The first-order valence-corrected chi connectivity index (χ1v) is 6.01. The lowest BCUT2D eigenvalue weighted by Gasteiger charge is -2.09. The van der Waals surface area contributed by atoms with Gasteiger partial charge in [-0.15, -0.1) is 6.42 Å². The van der Waals surface area contributed by atoms with Crippen LogP contribution in [-0.2, 0) is 0 Å². The van der Waals surface area contributed by atoms with Crippen LogP contribution in [0.2, 0.25) is 5.02 Å². The Morgan fingerprint density at radius 3 is 3.11 bits per heavy atom. The lowest BCUT2D eigenvalue weighted by atomic mass is 10.2. The molecule has 0 unspecified atom stereocenters. The molecule has 0 fully saturated rings. The van der Waals surface area contributed by atoms with Crippen molar-refractivity contribution in [3.05, 3.63) is 35.5 Å². The van der Waals surface area contributed by atoms with Gasteiger partial charge >= 0.3 is 0 Å². The molecule has 0 amide bonds. The lowest BCUT2D eigenvalue weighted by molar-refractivity contribution is 0.320. The first-order valence-electron chi connectivity index (χ1n) is 5.63. The number of hydrogen-bond acceptors (Lipinski definition) is 3. The Morgan fingerprint density at radius 2 is 2.28 bits per heavy atom. The van der Waals surface area contributed by atoms with Crippen LogP contribution in [-0.4, -0.2) is 24.7 Å². The molecular weight excluding hydrogens is 248 g/mol. The van der Waals surface area contributed by atoms with Crippen molar-refractivity contribution in [1.82, 2.24) is 10.3 Å². The average molecular weight is 261 g/mol. The van der Waals surface area contributed by atoms with Gasteiger partial charge in [0, 0.05) is 18.1 Å². The van der Waals surface area contributed by atoms with E-state index in [4.69, 9.17) is 22.8 Å². The third-order valence-corrected chi connectivity index (χ3v) is 2.77. The maximum atomic E-state index is 6.10. The highest BCUT2D eigenvalue weighted by Gasteiger charge is 2.06. The minimum absolute atomic E-state index is 0.537. The van der Waals surface area contributed by atoms with Crippen molar-refractivity contribution in [1.29, 1.82) is 0 Å². The molecular formula is C14H13ClN2O. The van der Waals surface area contributed by atoms with Gasteiger partial charge in [-0.2, -0.15) is 0 Å². The molecule has 1 aromatic carbocycles. The topological polar surface area (TPSA) is 34.1 Å². The van der Waals surface area contributed by atoms with Gasteiger partial charge in [0.15, 0.2) is 0 Å². The highest BCUT2D eigenvalue weighted by molar-refractivity contribution is 6.35. The van der Waals surface area contributed by atoms with Crippen molar-refractivity contribution in [3.63, 3.8) is 0 Å². The second-order valence-corrected chi connectivity index (χ2v) is 4.08. The molecule has 1 heterocycles. The Balaban J connectivity index is 2.09. The molecule has 2 rings (SSSR count). The van der Waals surface area contributed by atoms with Gasteiger partial charge in [-0.05, 0) is 24.3 Å². The van der Waals surface area contributed by atoms with Crippen LogP contribution in [0.5, 0.6) is 5.75 Å². The summed E-state index contributed by atoms with van der Waals surface area (Å²) in [6, 6.07) is 7.43. The number of hydrogen-bond donors (Lipinski definition) is 1. The van der Waals surface area contributed by atoms with E-state index < -0.39 is 0 Å². The van der Waals surface area contributed by atoms with E-state index in [2.05, 4.69) is 16.2 Å². The zero-order valence-corrected chi connectivity index (χ0v) is 10.6. The Kier molecular flexibility index (Phi) is 4.40. The zero-order valence-electron chi connectivity index (χ0n) is 9.82. The molecule has 0 aliphatic rings. The van der Waals surface area contributed by atoms with Crippen molar-refractivity contribution in [2.24, 2.45) is 0 Å². The summed E-state index contributed by atoms with van der Waals surface area (Å²) < 4.78 is 5.67. The van der Waals surface area contributed by atoms with E-state index in [-0.39, 0.29) is 0 Å². The van der Waals surface area contributed by atoms with Crippen LogP contribution in [0.4, 0.5) is 0 Å². The molecule has 0 aliphatic heterocycles. The minimum atomic E-state index is 0.537. The number of nitrogens with zero attached hydrogens (tertiary/aromatic N) is 1. The van der Waals surface area contributed by atoms with Crippen LogP contribution in [0.15, 0.2) is 30.5 Å². The largest absolute Gasteiger partial charge is 0.490 e. The van der Waals surface area contributed by atoms with Crippen molar-refractivity contribution in [2.75, 3.05) is 19.7 Å². The summed E-state index contributed by atoms with van der Waals surface area (Å²) in [4.78, 5) is 4.29. The second-order valence-electron chi connectivity index (χ2n) is 3.67. The predicted molar refractivity (Wildman–Crippen MR) is 74.0 cm³/mol. The van der Waals surface area contributed by atoms with Gasteiger partial charge in [-0.1, -0.05) is 17.5 Å². The van der Waals surface area contributed by atoms with Gasteiger partial charge in [-0.25, -0.2) is 0 Å². The molecule has 0 atom stereocenters. The first kappa shape index (κ1) is 12.7. The van der Waals surface area contributed by atoms with Crippen LogP contribution in [0.3, 0.4) is 0 Å². The maximum absolute atomic E-state index is 6.10. The van der Waals surface area contributed by atoms with E-state index >= 15 is 0 Å². The van der Waals surface area contributed by atoms with Crippen LogP contribution in [0, 0.1) is 12.3 Å². The van der Waals surface area contributed by atoms with Crippen molar-refractivity contribution >= 4 is 22.5 Å². The molecule has 18 heavy (non-hydrogen) atoms. The van der Waals surface area contributed by atoms with E-state index in [1.807, 2.05) is 24.3 Å². The van der Waals surface area contributed by atoms with E-state index in [0.717, 1.165) is 16.7 Å². The zero-order chi connectivity index (χ0) is 12.8. The van der Waals surface area contributed by atoms with E-state index in [1.54, 1.807) is 6.20 Å². The normalized spacial score (nSPS) is 10.2. The number of nitrogens with one attached hydrogen (secondary N) is 1. The highest BCUT2D eigenvalue weighted by atomic mass is 35.5. The molecule has 4 heteroatoms. The average Bonchev–Trinajstić information content (AvgIpc) is 2.41. The smallest absolute Gasteiger partial charge is 0.145 e. The van der Waals surface area contributed by atoms with Crippen molar-refractivity contribution < 1.29 is 4.74 Å². The molecule has 0 bridgehead atoms. The number of terminal acetylenes is 1. The molecule has 0 spiro atoms. The monoisotopic (exact) mass is 260 g/mol. The number of aromatic nitrogens is 1. The van der Waals surface area contributed by atoms with Gasteiger partial charge in [0.1, 0.15) is 17.9 Å². The first-order chi connectivity index (χ1) is 8.83. The molecule has 3 nitrogen and oxygen atoms in total. The molecule has 2 aromatic rings. The fourth-order valence-corrected chi connectivity index (χ4v) is 1.84. The Hall–Kier alpha value is -1.76. The Morgan fingerprint density at radius 1 is 1.39 bits per heavy atom. The van der Waals surface area contributed by atoms with Crippen LogP contribution >= 0.6 is 11.6 Å². The van der Waals surface area contributed by atoms with Gasteiger partial charge in [0.25, 0.3) is 0 Å². The van der Waals surface area contributed by atoms with Crippen LogP contribution < -0.4 is 10.1 Å². The molecule has 0 saturated heterocycles. The quantitative estimate of drug-likeness (QED) is 0.663. The third kappa shape index (κ3) is 2.92. The predicted octanol–water partition coefficient (Wildman–Crippen LogP) is 2.49. The fourth-order valence-electron chi connectivity index (χ4n) is 1.62. The summed E-state index contributed by atoms with van der Waals surface area (Å²) in [5.41, 5.74) is 0.780. The molecule has 1 aromatic heterocycles. The van der Waals surface area contributed by atoms with Crippen LogP contribution in [0.25, 0.3) is 10.9 Å². The van der Waals surface area contributed by atoms with E-state index in [9.17, 15) is 0 Å². The summed E-state index contributed by atoms with van der Waals surface area (Å²) in [5.74, 6) is 3.24. The summed E-state index contributed by atoms with van der Waals surface area (Å²) in [6.07, 6.45) is 6.86. The SMILES string of the molecule is C#CCNCCOc1ccc(Cl)c2cccnc12. The Labute approximate surface area is 111 Å². The maximum Gasteiger partial charge on any atom is 0.145 e. The number of ether oxygens (including phenoxy) is 1. The van der Waals surface area contributed by atoms with E-state index in [1.165, 1.54) is 0 Å². The van der Waals surface area contributed by atoms with Crippen molar-refractivity contribution in [3.8, 4) is 18.1 Å². The lowest BCUT2D eigenvalue weighted by Crippen LogP contribution is -2.21. The molecule has 92 valence electrons. The molecule has 1 N–H and O–H groups in total. The van der Waals surface area contributed by atoms with Gasteiger partial charge in [-0.3, -0.25) is 4.98 Å². The summed E-state index contributed by atoms with van der Waals surface area (Å²) >= 11 is 6.10. The molecule has 0 radical (unpaired) electrons. The van der Waals surface area contributed by atoms with Gasteiger partial charge in [0.05, 0.1) is 11.6 Å². The fraction of sp³-hybridized carbons (Fsp3) is 0.214. The van der Waals surface area contributed by atoms with Crippen molar-refractivity contribution in [2.45, 2.75) is 0 Å². The number of fused-ring (bicyclic) bond motifs is 1. The number of halogens is 1. The standard InChI is InChI=1S/C14H13ClN2O/c1-2-7-16-9-10-18-13-6-5-12(15)11-4-3-8-17-14(11)13/h1,3-6,8,16H,7,9-10H2. The number of benzene rings is 1. The highest BCUT2D eigenvalue weighted by Crippen LogP contribution is 2.29. The Bertz CT molecular complexity index is 578. The third-order valence-electron chi connectivity index (χ3n) is 2.44. The van der Waals surface area contributed by atoms with Gasteiger partial charge in [0.2, 0.25) is 0 Å².